The van der Waals surface area contributed by atoms with Crippen molar-refractivity contribution in [2.45, 2.75) is 79.1 Å². The molecule has 0 spiro atoms. The van der Waals surface area contributed by atoms with E-state index in [0.717, 1.165) is 26.1 Å². The summed E-state index contributed by atoms with van der Waals surface area (Å²) in [5.41, 5.74) is 0. The number of ketones is 2. The van der Waals surface area contributed by atoms with E-state index in [1.54, 1.807) is 0 Å². The molecule has 0 aliphatic rings. The second-order valence-electron chi connectivity index (χ2n) is 5.46. The molecule has 0 aliphatic heterocycles. The Morgan fingerprint density at radius 1 is 0.667 bits per heavy atom. The molecule has 0 saturated carbocycles. The fourth-order valence-electron chi connectivity index (χ4n) is 1.39. The first-order valence-electron chi connectivity index (χ1n) is 9.16. The van der Waals surface area contributed by atoms with Crippen LogP contribution in [-0.4, -0.2) is 36.7 Å². The van der Waals surface area contributed by atoms with Crippen LogP contribution in [0.5, 0.6) is 0 Å². The molecule has 27 heavy (non-hydrogen) atoms. The average molecular weight is 424 g/mol. The van der Waals surface area contributed by atoms with E-state index in [2.05, 4.69) is 13.8 Å². The summed E-state index contributed by atoms with van der Waals surface area (Å²) in [5.74, 6) is -3.07. The number of carbonyl (C=O) groups excluding carboxylic acids is 4. The number of carboxylic acids is 2. The number of rotatable bonds is 14. The number of aliphatic carboxylic acids is 2. The molecule has 0 radical (unpaired) electrons. The van der Waals surface area contributed by atoms with Gasteiger partial charge in [-0.25, -0.2) is 0 Å². The van der Waals surface area contributed by atoms with Gasteiger partial charge in [0.05, 0.1) is 0 Å². The Labute approximate surface area is 171 Å². The summed E-state index contributed by atoms with van der Waals surface area (Å²) in [6.07, 6.45) is 3.40. The summed E-state index contributed by atoms with van der Waals surface area (Å²) >= 11 is -0.504. The topological polar surface area (TPSA) is 133 Å². The first-order chi connectivity index (χ1) is 12.7. The quantitative estimate of drug-likeness (QED) is 0.227. The van der Waals surface area contributed by atoms with Gasteiger partial charge < -0.3 is 19.8 Å². The number of Topliss-reactive ketones (excluding diaryl/α,β-unsaturated/α-hetero) is 2. The minimum atomic E-state index is -1.28. The molecule has 0 fully saturated rings. The molecule has 0 saturated heterocycles. The van der Waals surface area contributed by atoms with Crippen LogP contribution >= 0.6 is 0 Å². The van der Waals surface area contributed by atoms with Gasteiger partial charge in [0.1, 0.15) is 11.6 Å². The normalized spacial score (nSPS) is 9.04. The zero-order valence-corrected chi connectivity index (χ0v) is 18.4. The average Bonchev–Trinajstić information content (AvgIpc) is 2.55. The Balaban J connectivity index is -0.000000320. The van der Waals surface area contributed by atoms with E-state index in [-0.39, 0.29) is 11.6 Å². The zero-order chi connectivity index (χ0) is 21.5. The number of hydrogen-bond donors (Lipinski definition) is 0. The van der Waals surface area contributed by atoms with E-state index in [9.17, 15) is 29.4 Å². The standard InChI is InChI=1S/2C6H10O3.2C3H7O.Ti/c2*1-2-3-5(7)4-6(8)9;2*1-2-3-4;/h2*2-4H2,1H3,(H,8,9);2*2-3H2,1H3;/q;;2*-1;+4/p-2. The van der Waals surface area contributed by atoms with E-state index in [1.165, 1.54) is 0 Å². The molecule has 0 rings (SSSR count). The Morgan fingerprint density at radius 2 is 1.00 bits per heavy atom. The second-order valence-corrected chi connectivity index (χ2v) is 6.62. The minimum absolute atomic E-state index is 0.252. The van der Waals surface area contributed by atoms with Crippen molar-refractivity contribution in [3.63, 3.8) is 0 Å². The molecule has 0 bridgehead atoms. The van der Waals surface area contributed by atoms with Gasteiger partial charge in [0, 0.05) is 37.6 Å². The van der Waals surface area contributed by atoms with Crippen molar-refractivity contribution in [3.8, 4) is 0 Å². The molecule has 0 aromatic rings. The van der Waals surface area contributed by atoms with Crippen molar-refractivity contribution < 1.29 is 56.0 Å². The predicted molar refractivity (Wildman–Crippen MR) is 91.6 cm³/mol. The predicted octanol–water partition coefficient (Wildman–Crippen LogP) is 0.743. The van der Waals surface area contributed by atoms with Gasteiger partial charge in [-0.15, -0.1) is 0 Å². The molecule has 0 atom stereocenters. The summed E-state index contributed by atoms with van der Waals surface area (Å²) in [5, 5.41) is 19.5. The molecule has 0 aromatic heterocycles. The fraction of sp³-hybridized carbons (Fsp3) is 0.778. The van der Waals surface area contributed by atoms with Gasteiger partial charge in [-0.2, -0.15) is 0 Å². The van der Waals surface area contributed by atoms with Crippen LogP contribution in [0.3, 0.4) is 0 Å². The van der Waals surface area contributed by atoms with E-state index < -0.39 is 44.7 Å². The van der Waals surface area contributed by atoms with E-state index in [1.807, 2.05) is 13.8 Å². The number of carbonyl (C=O) groups is 4. The van der Waals surface area contributed by atoms with Crippen molar-refractivity contribution >= 4 is 23.5 Å². The first-order valence-corrected chi connectivity index (χ1v) is 10.4. The Morgan fingerprint density at radius 3 is 1.22 bits per heavy atom. The SMILES string of the molecule is CCCC(=O)CC(=O)[O-].CCCC(=O)CC(=O)[O-].CCC[O][Ti+2][O]CCC. The van der Waals surface area contributed by atoms with Crippen LogP contribution in [0, 0.1) is 0 Å². The van der Waals surface area contributed by atoms with Gasteiger partial charge in [0.25, 0.3) is 0 Å². The Kier molecular flexibility index (Phi) is 28.3. The molecule has 0 aliphatic carbocycles. The molecule has 0 aromatic carbocycles. The summed E-state index contributed by atoms with van der Waals surface area (Å²) in [6.45, 7) is 9.59. The summed E-state index contributed by atoms with van der Waals surface area (Å²) < 4.78 is 10.4. The van der Waals surface area contributed by atoms with Crippen LogP contribution in [0.2, 0.25) is 0 Å². The molecule has 0 amide bonds. The van der Waals surface area contributed by atoms with E-state index in [0.29, 0.717) is 25.7 Å². The van der Waals surface area contributed by atoms with Crippen molar-refractivity contribution in [2.75, 3.05) is 13.2 Å². The van der Waals surface area contributed by atoms with Gasteiger partial charge in [-0.05, 0) is 12.8 Å². The van der Waals surface area contributed by atoms with Crippen LogP contribution in [0.1, 0.15) is 79.1 Å². The summed E-state index contributed by atoms with van der Waals surface area (Å²) in [4.78, 5) is 40.4. The van der Waals surface area contributed by atoms with Gasteiger partial charge in [-0.3, -0.25) is 9.59 Å². The number of carboxylic acid groups (broad SMARTS) is 2. The van der Waals surface area contributed by atoms with E-state index >= 15 is 0 Å². The molecular formula is C18H32O8Ti. The number of hydrogen-bond acceptors (Lipinski definition) is 8. The van der Waals surface area contributed by atoms with Crippen molar-refractivity contribution in [1.29, 1.82) is 0 Å². The molecule has 0 unspecified atom stereocenters. The Bertz CT molecular complexity index is 363. The van der Waals surface area contributed by atoms with Crippen molar-refractivity contribution in [3.05, 3.63) is 0 Å². The zero-order valence-electron chi connectivity index (χ0n) is 16.8. The third-order valence-corrected chi connectivity index (χ3v) is 3.48. The monoisotopic (exact) mass is 424 g/mol. The van der Waals surface area contributed by atoms with Gasteiger partial charge >= 0.3 is 66.5 Å². The fourth-order valence-corrected chi connectivity index (χ4v) is 2.41. The molecule has 0 heterocycles. The van der Waals surface area contributed by atoms with Crippen LogP contribution < -0.4 is 10.2 Å². The van der Waals surface area contributed by atoms with Crippen LogP contribution in [0.25, 0.3) is 0 Å². The maximum atomic E-state index is 10.4. The third kappa shape index (κ3) is 36.6. The van der Waals surface area contributed by atoms with Gasteiger partial charge in [-0.1, -0.05) is 13.8 Å². The van der Waals surface area contributed by atoms with Crippen LogP contribution in [0.4, 0.5) is 0 Å². The van der Waals surface area contributed by atoms with Crippen molar-refractivity contribution in [1.82, 2.24) is 0 Å². The van der Waals surface area contributed by atoms with Crippen molar-refractivity contribution in [2.24, 2.45) is 0 Å². The molecule has 0 N–H and O–H groups in total. The van der Waals surface area contributed by atoms with Crippen LogP contribution in [0.15, 0.2) is 0 Å². The molecule has 156 valence electrons. The summed E-state index contributed by atoms with van der Waals surface area (Å²) in [6, 6.07) is 0. The van der Waals surface area contributed by atoms with Gasteiger partial charge in [0.2, 0.25) is 0 Å². The maximum absolute atomic E-state index is 10.4. The first kappa shape index (κ1) is 30.6. The second kappa shape index (κ2) is 24.9. The third-order valence-electron chi connectivity index (χ3n) is 2.47. The molecular weight excluding hydrogens is 392 g/mol. The molecule has 9 heteroatoms. The van der Waals surface area contributed by atoms with Crippen LogP contribution in [-0.2, 0) is 45.7 Å². The van der Waals surface area contributed by atoms with E-state index in [4.69, 9.17) is 6.64 Å². The summed E-state index contributed by atoms with van der Waals surface area (Å²) in [7, 11) is 0. The Hall–Kier alpha value is -1.09. The molecule has 8 nitrogen and oxygen atoms in total. The van der Waals surface area contributed by atoms with Gasteiger partial charge in [0.15, 0.2) is 0 Å².